The van der Waals surface area contributed by atoms with E-state index in [0.29, 0.717) is 16.2 Å². The molecule has 0 spiro atoms. The SMILES string of the molecule is COc1cc(N(C)CCN(C)C)c(C=C2SC(=O)NC2=O)cc1O. The molecule has 1 aliphatic rings. The van der Waals surface area contributed by atoms with Gasteiger partial charge in [-0.15, -0.1) is 0 Å². The Morgan fingerprint density at radius 2 is 1.96 bits per heavy atom. The minimum Gasteiger partial charge on any atom is -0.504 e. The zero-order valence-corrected chi connectivity index (χ0v) is 14.9. The van der Waals surface area contributed by atoms with Crippen molar-refractivity contribution in [1.82, 2.24) is 10.2 Å². The lowest BCUT2D eigenvalue weighted by Crippen LogP contribution is -2.28. The van der Waals surface area contributed by atoms with Gasteiger partial charge < -0.3 is 19.6 Å². The highest BCUT2D eigenvalue weighted by atomic mass is 32.2. The van der Waals surface area contributed by atoms with Gasteiger partial charge in [-0.3, -0.25) is 14.9 Å². The maximum Gasteiger partial charge on any atom is 0.290 e. The number of nitrogens with one attached hydrogen (secondary N) is 1. The minimum atomic E-state index is -0.429. The topological polar surface area (TPSA) is 82.1 Å². The van der Waals surface area contributed by atoms with Crippen LogP contribution >= 0.6 is 11.8 Å². The number of carbonyl (C=O) groups is 2. The van der Waals surface area contributed by atoms with Gasteiger partial charge in [-0.05, 0) is 38.0 Å². The standard InChI is InChI=1S/C16H21N3O4S/c1-18(2)5-6-19(3)11-9-13(23-4)12(20)7-10(11)8-14-15(21)17-16(22)24-14/h7-9,20H,5-6H2,1-4H3,(H,17,21,22). The van der Waals surface area contributed by atoms with E-state index in [-0.39, 0.29) is 5.75 Å². The van der Waals surface area contributed by atoms with E-state index in [0.717, 1.165) is 30.5 Å². The molecule has 7 nitrogen and oxygen atoms in total. The molecule has 1 aliphatic heterocycles. The fourth-order valence-corrected chi connectivity index (χ4v) is 2.89. The molecular weight excluding hydrogens is 330 g/mol. The molecule has 0 aromatic heterocycles. The van der Waals surface area contributed by atoms with E-state index >= 15 is 0 Å². The number of carbonyl (C=O) groups excluding carboxylic acids is 2. The predicted octanol–water partition coefficient (Wildman–Crippen LogP) is 1.72. The van der Waals surface area contributed by atoms with Crippen LogP contribution in [0.1, 0.15) is 5.56 Å². The van der Waals surface area contributed by atoms with Crippen molar-refractivity contribution in [2.24, 2.45) is 0 Å². The van der Waals surface area contributed by atoms with Crippen LogP contribution in [0.25, 0.3) is 6.08 Å². The molecule has 2 N–H and O–H groups in total. The molecule has 2 amide bonds. The molecule has 8 heteroatoms. The molecule has 1 heterocycles. The van der Waals surface area contributed by atoms with E-state index in [2.05, 4.69) is 10.2 Å². The Hall–Kier alpha value is -2.19. The summed E-state index contributed by atoms with van der Waals surface area (Å²) in [5, 5.41) is 11.9. The van der Waals surface area contributed by atoms with Gasteiger partial charge >= 0.3 is 0 Å². The Labute approximate surface area is 145 Å². The summed E-state index contributed by atoms with van der Waals surface area (Å²) in [6.07, 6.45) is 1.60. The molecule has 0 radical (unpaired) electrons. The lowest BCUT2D eigenvalue weighted by molar-refractivity contribution is -0.115. The van der Waals surface area contributed by atoms with Gasteiger partial charge in [0, 0.05) is 37.5 Å². The fourth-order valence-electron chi connectivity index (χ4n) is 2.22. The van der Waals surface area contributed by atoms with Crippen LogP contribution in [-0.2, 0) is 4.79 Å². The number of aromatic hydroxyl groups is 1. The largest absolute Gasteiger partial charge is 0.504 e. The Morgan fingerprint density at radius 3 is 2.50 bits per heavy atom. The molecule has 130 valence electrons. The zero-order valence-electron chi connectivity index (χ0n) is 14.1. The molecule has 1 saturated heterocycles. The number of thioether (sulfide) groups is 1. The van der Waals surface area contributed by atoms with E-state index in [4.69, 9.17) is 4.74 Å². The number of anilines is 1. The van der Waals surface area contributed by atoms with Gasteiger partial charge in [0.1, 0.15) is 0 Å². The number of amides is 2. The number of rotatable bonds is 6. The monoisotopic (exact) mass is 351 g/mol. The molecule has 0 atom stereocenters. The summed E-state index contributed by atoms with van der Waals surface area (Å²) in [5.41, 5.74) is 1.44. The van der Waals surface area contributed by atoms with Crippen molar-refractivity contribution in [3.8, 4) is 11.5 Å². The summed E-state index contributed by atoms with van der Waals surface area (Å²) in [7, 11) is 7.37. The van der Waals surface area contributed by atoms with Gasteiger partial charge in [-0.2, -0.15) is 0 Å². The van der Waals surface area contributed by atoms with Crippen molar-refractivity contribution in [1.29, 1.82) is 0 Å². The number of likely N-dealkylation sites (N-methyl/N-ethyl adjacent to an activating group) is 2. The summed E-state index contributed by atoms with van der Waals surface area (Å²) in [6.45, 7) is 1.58. The number of benzene rings is 1. The maximum absolute atomic E-state index is 11.8. The van der Waals surface area contributed by atoms with Crippen LogP contribution in [0.15, 0.2) is 17.0 Å². The van der Waals surface area contributed by atoms with Gasteiger partial charge in [-0.25, -0.2) is 0 Å². The summed E-state index contributed by atoms with van der Waals surface area (Å²) in [5.74, 6) is -0.102. The van der Waals surface area contributed by atoms with Crippen LogP contribution in [0.4, 0.5) is 10.5 Å². The van der Waals surface area contributed by atoms with Crippen molar-refractivity contribution in [3.05, 3.63) is 22.6 Å². The molecule has 0 aliphatic carbocycles. The van der Waals surface area contributed by atoms with Crippen LogP contribution < -0.4 is 15.0 Å². The number of phenolic OH excluding ortho intramolecular Hbond substituents is 1. The quantitative estimate of drug-likeness (QED) is 0.755. The highest BCUT2D eigenvalue weighted by Crippen LogP contribution is 2.37. The Morgan fingerprint density at radius 1 is 1.25 bits per heavy atom. The van der Waals surface area contributed by atoms with Crippen LogP contribution in [0, 0.1) is 0 Å². The molecule has 1 aromatic carbocycles. The molecule has 24 heavy (non-hydrogen) atoms. The highest BCUT2D eigenvalue weighted by Gasteiger charge is 2.26. The van der Waals surface area contributed by atoms with Crippen LogP contribution in [0.2, 0.25) is 0 Å². The second-order valence-corrected chi connectivity index (χ2v) is 6.67. The van der Waals surface area contributed by atoms with Crippen LogP contribution in [0.3, 0.4) is 0 Å². The van der Waals surface area contributed by atoms with E-state index in [1.54, 1.807) is 12.1 Å². The normalized spacial score (nSPS) is 16.0. The zero-order chi connectivity index (χ0) is 17.9. The minimum absolute atomic E-state index is 0.0242. The van der Waals surface area contributed by atoms with Crippen molar-refractivity contribution in [3.63, 3.8) is 0 Å². The third-order valence-electron chi connectivity index (χ3n) is 3.55. The fraction of sp³-hybridized carbons (Fsp3) is 0.375. The number of imide groups is 1. The number of ether oxygens (including phenoxy) is 1. The first kappa shape index (κ1) is 18.2. The first-order valence-corrected chi connectivity index (χ1v) is 8.15. The van der Waals surface area contributed by atoms with E-state index < -0.39 is 11.1 Å². The number of nitrogens with zero attached hydrogens (tertiary/aromatic N) is 2. The third-order valence-corrected chi connectivity index (χ3v) is 4.36. The van der Waals surface area contributed by atoms with Crippen LogP contribution in [-0.4, -0.2) is 62.5 Å². The van der Waals surface area contributed by atoms with Gasteiger partial charge in [0.15, 0.2) is 11.5 Å². The number of hydrogen-bond acceptors (Lipinski definition) is 7. The van der Waals surface area contributed by atoms with E-state index in [9.17, 15) is 14.7 Å². The third kappa shape index (κ3) is 4.21. The molecule has 0 unspecified atom stereocenters. The molecule has 1 aromatic rings. The molecular formula is C16H21N3O4S. The van der Waals surface area contributed by atoms with Gasteiger partial charge in [-0.1, -0.05) is 0 Å². The summed E-state index contributed by atoms with van der Waals surface area (Å²) in [6, 6.07) is 3.25. The Kier molecular flexibility index (Phi) is 5.74. The van der Waals surface area contributed by atoms with Crippen molar-refractivity contribution in [2.45, 2.75) is 0 Å². The van der Waals surface area contributed by atoms with Gasteiger partial charge in [0.2, 0.25) is 0 Å². The Balaban J connectivity index is 2.41. The molecule has 2 rings (SSSR count). The maximum atomic E-state index is 11.8. The van der Waals surface area contributed by atoms with Crippen LogP contribution in [0.5, 0.6) is 11.5 Å². The Bertz CT molecular complexity index is 688. The summed E-state index contributed by atoms with van der Waals surface area (Å²) < 4.78 is 5.18. The number of hydrogen-bond donors (Lipinski definition) is 2. The van der Waals surface area contributed by atoms with E-state index in [1.165, 1.54) is 13.2 Å². The van der Waals surface area contributed by atoms with Gasteiger partial charge in [0.05, 0.1) is 12.0 Å². The predicted molar refractivity (Wildman–Crippen MR) is 95.6 cm³/mol. The molecule has 0 saturated carbocycles. The lowest BCUT2D eigenvalue weighted by atomic mass is 10.1. The summed E-state index contributed by atoms with van der Waals surface area (Å²) >= 11 is 0.845. The smallest absolute Gasteiger partial charge is 0.290 e. The second-order valence-electron chi connectivity index (χ2n) is 5.66. The second kappa shape index (κ2) is 7.59. The van der Waals surface area contributed by atoms with Crippen molar-refractivity contribution < 1.29 is 19.4 Å². The number of phenols is 1. The highest BCUT2D eigenvalue weighted by molar-refractivity contribution is 8.18. The first-order valence-electron chi connectivity index (χ1n) is 7.33. The van der Waals surface area contributed by atoms with E-state index in [1.807, 2.05) is 26.0 Å². The van der Waals surface area contributed by atoms with Gasteiger partial charge in [0.25, 0.3) is 11.1 Å². The number of methoxy groups -OCH3 is 1. The first-order chi connectivity index (χ1) is 11.3. The average Bonchev–Trinajstić information content (AvgIpc) is 2.82. The van der Waals surface area contributed by atoms with Crippen molar-refractivity contribution in [2.75, 3.05) is 46.2 Å². The molecule has 0 bridgehead atoms. The average molecular weight is 351 g/mol. The van der Waals surface area contributed by atoms with Crippen molar-refractivity contribution >= 4 is 34.7 Å². The summed E-state index contributed by atoms with van der Waals surface area (Å²) in [4.78, 5) is 27.5. The molecule has 1 fully saturated rings. The lowest BCUT2D eigenvalue weighted by Gasteiger charge is -2.24.